The molecule has 0 aliphatic heterocycles. The van der Waals surface area contributed by atoms with Crippen molar-refractivity contribution in [2.45, 2.75) is 20.3 Å². The molecule has 4 nitrogen and oxygen atoms in total. The van der Waals surface area contributed by atoms with Gasteiger partial charge in [0.15, 0.2) is 0 Å². The number of nitrogens with zero attached hydrogens (tertiary/aromatic N) is 1. The first kappa shape index (κ1) is 14.5. The number of carbonyl (C=O) groups excluding carboxylic acids is 1. The molecule has 0 saturated heterocycles. The van der Waals surface area contributed by atoms with Crippen LogP contribution in [0.2, 0.25) is 0 Å². The molecule has 1 amide bonds. The number of benzene rings is 1. The van der Waals surface area contributed by atoms with E-state index in [2.05, 4.69) is 0 Å². The van der Waals surface area contributed by atoms with Crippen LogP contribution in [-0.4, -0.2) is 26.6 Å². The minimum Gasteiger partial charge on any atom is -0.495 e. The molecule has 2 N–H and O–H groups in total. The molecule has 0 saturated carbocycles. The van der Waals surface area contributed by atoms with E-state index in [1.807, 2.05) is 38.1 Å². The molecule has 0 radical (unpaired) electrons. The van der Waals surface area contributed by atoms with Gasteiger partial charge in [0, 0.05) is 12.5 Å². The maximum absolute atomic E-state index is 12.4. The third kappa shape index (κ3) is 3.01. The molecular weight excluding hydrogens is 228 g/mol. The molecule has 0 fully saturated rings. The zero-order valence-electron chi connectivity index (χ0n) is 11.6. The summed E-state index contributed by atoms with van der Waals surface area (Å²) in [5.41, 5.74) is 5.86. The molecular formula is C14H22N2O2. The van der Waals surface area contributed by atoms with Gasteiger partial charge >= 0.3 is 0 Å². The second-order valence-electron chi connectivity index (χ2n) is 4.96. The van der Waals surface area contributed by atoms with E-state index in [0.29, 0.717) is 18.7 Å². The summed E-state index contributed by atoms with van der Waals surface area (Å²) >= 11 is 0. The summed E-state index contributed by atoms with van der Waals surface area (Å²) in [6.45, 7) is 4.32. The van der Waals surface area contributed by atoms with Gasteiger partial charge in [0.25, 0.3) is 0 Å². The van der Waals surface area contributed by atoms with E-state index in [1.165, 1.54) is 0 Å². The molecule has 18 heavy (non-hydrogen) atoms. The molecule has 1 aromatic carbocycles. The van der Waals surface area contributed by atoms with Crippen molar-refractivity contribution in [1.82, 2.24) is 0 Å². The van der Waals surface area contributed by atoms with Crippen LogP contribution in [0.4, 0.5) is 5.69 Å². The van der Waals surface area contributed by atoms with E-state index in [-0.39, 0.29) is 5.91 Å². The first-order valence-electron chi connectivity index (χ1n) is 6.05. The summed E-state index contributed by atoms with van der Waals surface area (Å²) in [5, 5.41) is 0. The van der Waals surface area contributed by atoms with Crippen molar-refractivity contribution in [3.63, 3.8) is 0 Å². The van der Waals surface area contributed by atoms with Crippen molar-refractivity contribution < 1.29 is 9.53 Å². The zero-order chi connectivity index (χ0) is 13.8. The molecule has 1 rings (SSSR count). The highest BCUT2D eigenvalue weighted by atomic mass is 16.5. The number of nitrogens with two attached hydrogens (primary N) is 1. The maximum Gasteiger partial charge on any atom is 0.232 e. The summed E-state index contributed by atoms with van der Waals surface area (Å²) in [6, 6.07) is 7.48. The molecule has 0 aliphatic carbocycles. The number of para-hydroxylation sites is 2. The number of ether oxygens (including phenoxy) is 1. The lowest BCUT2D eigenvalue weighted by molar-refractivity contribution is -0.126. The molecule has 0 spiro atoms. The topological polar surface area (TPSA) is 55.6 Å². The van der Waals surface area contributed by atoms with Crippen molar-refractivity contribution >= 4 is 11.6 Å². The van der Waals surface area contributed by atoms with Crippen molar-refractivity contribution in [1.29, 1.82) is 0 Å². The third-order valence-corrected chi connectivity index (χ3v) is 3.10. The van der Waals surface area contributed by atoms with Gasteiger partial charge in [0.2, 0.25) is 5.91 Å². The highest BCUT2D eigenvalue weighted by molar-refractivity contribution is 5.97. The monoisotopic (exact) mass is 250 g/mol. The lowest BCUT2D eigenvalue weighted by Crippen LogP contribution is -2.39. The fraction of sp³-hybridized carbons (Fsp3) is 0.500. The highest BCUT2D eigenvalue weighted by Gasteiger charge is 2.31. The van der Waals surface area contributed by atoms with E-state index < -0.39 is 5.41 Å². The zero-order valence-corrected chi connectivity index (χ0v) is 11.6. The Morgan fingerprint density at radius 1 is 1.39 bits per heavy atom. The number of hydrogen-bond donors (Lipinski definition) is 1. The number of carbonyl (C=O) groups is 1. The van der Waals surface area contributed by atoms with Crippen molar-refractivity contribution in [2.75, 3.05) is 25.6 Å². The standard InChI is InChI=1S/C14H22N2O2/c1-14(2,9-10-15)13(17)16(3)11-7-5-6-8-12(11)18-4/h5-8H,9-10,15H2,1-4H3. The lowest BCUT2D eigenvalue weighted by Gasteiger charge is -2.29. The normalized spacial score (nSPS) is 11.2. The maximum atomic E-state index is 12.4. The second-order valence-corrected chi connectivity index (χ2v) is 4.96. The second kappa shape index (κ2) is 5.87. The third-order valence-electron chi connectivity index (χ3n) is 3.10. The summed E-state index contributed by atoms with van der Waals surface area (Å²) < 4.78 is 5.27. The van der Waals surface area contributed by atoms with Crippen LogP contribution in [0.1, 0.15) is 20.3 Å². The molecule has 0 atom stereocenters. The molecule has 0 bridgehead atoms. The van der Waals surface area contributed by atoms with Gasteiger partial charge in [-0.2, -0.15) is 0 Å². The smallest absolute Gasteiger partial charge is 0.232 e. The van der Waals surface area contributed by atoms with Crippen molar-refractivity contribution in [3.05, 3.63) is 24.3 Å². The average Bonchev–Trinajstić information content (AvgIpc) is 2.36. The van der Waals surface area contributed by atoms with Crippen LogP contribution in [0.15, 0.2) is 24.3 Å². The first-order valence-corrected chi connectivity index (χ1v) is 6.05. The van der Waals surface area contributed by atoms with Gasteiger partial charge in [-0.15, -0.1) is 0 Å². The number of amides is 1. The van der Waals surface area contributed by atoms with E-state index in [1.54, 1.807) is 19.1 Å². The van der Waals surface area contributed by atoms with Crippen molar-refractivity contribution in [2.24, 2.45) is 11.1 Å². The Morgan fingerprint density at radius 2 is 2.00 bits per heavy atom. The SMILES string of the molecule is COc1ccccc1N(C)C(=O)C(C)(C)CCN. The summed E-state index contributed by atoms with van der Waals surface area (Å²) in [6.07, 6.45) is 0.658. The van der Waals surface area contributed by atoms with Gasteiger partial charge in [-0.3, -0.25) is 4.79 Å². The highest BCUT2D eigenvalue weighted by Crippen LogP contribution is 2.31. The minimum atomic E-state index is -0.468. The number of anilines is 1. The van der Waals surface area contributed by atoms with Crippen LogP contribution < -0.4 is 15.4 Å². The molecule has 1 aromatic rings. The lowest BCUT2D eigenvalue weighted by atomic mass is 9.87. The quantitative estimate of drug-likeness (QED) is 0.870. The Hall–Kier alpha value is -1.55. The fourth-order valence-corrected chi connectivity index (χ4v) is 1.94. The van der Waals surface area contributed by atoms with Crippen LogP contribution in [-0.2, 0) is 4.79 Å². The Balaban J connectivity index is 2.99. The molecule has 4 heteroatoms. The van der Waals surface area contributed by atoms with Gasteiger partial charge in [-0.05, 0) is 25.1 Å². The van der Waals surface area contributed by atoms with E-state index >= 15 is 0 Å². The molecule has 0 unspecified atom stereocenters. The van der Waals surface area contributed by atoms with Crippen LogP contribution in [0.25, 0.3) is 0 Å². The van der Waals surface area contributed by atoms with E-state index in [9.17, 15) is 4.79 Å². The fourth-order valence-electron chi connectivity index (χ4n) is 1.94. The van der Waals surface area contributed by atoms with Gasteiger partial charge < -0.3 is 15.4 Å². The van der Waals surface area contributed by atoms with Crippen LogP contribution in [0.5, 0.6) is 5.75 Å². The predicted octanol–water partition coefficient (Wildman–Crippen LogP) is 2.03. The van der Waals surface area contributed by atoms with E-state index in [0.717, 1.165) is 5.69 Å². The Kier molecular flexibility index (Phi) is 4.73. The molecule has 0 aromatic heterocycles. The number of methoxy groups -OCH3 is 1. The van der Waals surface area contributed by atoms with Gasteiger partial charge in [-0.1, -0.05) is 26.0 Å². The first-order chi connectivity index (χ1) is 8.44. The predicted molar refractivity (Wildman–Crippen MR) is 73.9 cm³/mol. The van der Waals surface area contributed by atoms with Crippen molar-refractivity contribution in [3.8, 4) is 5.75 Å². The molecule has 0 aliphatic rings. The van der Waals surface area contributed by atoms with E-state index in [4.69, 9.17) is 10.5 Å². The molecule has 0 heterocycles. The Bertz CT molecular complexity index is 416. The summed E-state index contributed by atoms with van der Waals surface area (Å²) in [4.78, 5) is 14.1. The summed E-state index contributed by atoms with van der Waals surface area (Å²) in [7, 11) is 3.36. The largest absolute Gasteiger partial charge is 0.495 e. The Morgan fingerprint density at radius 3 is 2.56 bits per heavy atom. The van der Waals surface area contributed by atoms with Gasteiger partial charge in [-0.25, -0.2) is 0 Å². The number of hydrogen-bond acceptors (Lipinski definition) is 3. The average molecular weight is 250 g/mol. The Labute approximate surface area is 109 Å². The molecule has 100 valence electrons. The van der Waals surface area contributed by atoms with Crippen LogP contribution in [0, 0.1) is 5.41 Å². The summed E-state index contributed by atoms with van der Waals surface area (Å²) in [5.74, 6) is 0.731. The van der Waals surface area contributed by atoms with Crippen LogP contribution in [0.3, 0.4) is 0 Å². The minimum absolute atomic E-state index is 0.0393. The number of rotatable bonds is 5. The van der Waals surface area contributed by atoms with Crippen LogP contribution >= 0.6 is 0 Å². The van der Waals surface area contributed by atoms with Gasteiger partial charge in [0.05, 0.1) is 12.8 Å². The van der Waals surface area contributed by atoms with Gasteiger partial charge in [0.1, 0.15) is 5.75 Å².